The first-order valence-corrected chi connectivity index (χ1v) is 7.08. The Morgan fingerprint density at radius 3 is 2.50 bits per heavy atom. The summed E-state index contributed by atoms with van der Waals surface area (Å²) >= 11 is 0. The molecule has 18 heavy (non-hydrogen) atoms. The van der Waals surface area contributed by atoms with Crippen LogP contribution in [0.3, 0.4) is 0 Å². The second kappa shape index (κ2) is 6.35. The van der Waals surface area contributed by atoms with Crippen LogP contribution in [-0.4, -0.2) is 19.8 Å². The van der Waals surface area contributed by atoms with Gasteiger partial charge in [0.1, 0.15) is 0 Å². The molecule has 1 aliphatic rings. The van der Waals surface area contributed by atoms with E-state index in [1.165, 1.54) is 24.0 Å². The first-order chi connectivity index (χ1) is 8.70. The van der Waals surface area contributed by atoms with E-state index in [0.29, 0.717) is 18.1 Å². The smallest absolute Gasteiger partial charge is 0.0770 e. The second-order valence-electron chi connectivity index (χ2n) is 5.66. The lowest BCUT2D eigenvalue weighted by atomic mass is 9.96. The van der Waals surface area contributed by atoms with E-state index in [4.69, 9.17) is 4.74 Å². The fourth-order valence-corrected chi connectivity index (χ4v) is 2.77. The van der Waals surface area contributed by atoms with E-state index in [1.54, 1.807) is 0 Å². The Bertz CT molecular complexity index is 352. The van der Waals surface area contributed by atoms with E-state index >= 15 is 0 Å². The lowest BCUT2D eigenvalue weighted by Crippen LogP contribution is -2.28. The van der Waals surface area contributed by atoms with Gasteiger partial charge in [-0.15, -0.1) is 0 Å². The third-order valence-corrected chi connectivity index (χ3v) is 3.63. The van der Waals surface area contributed by atoms with Crippen LogP contribution in [0.2, 0.25) is 0 Å². The molecule has 0 saturated carbocycles. The van der Waals surface area contributed by atoms with E-state index < -0.39 is 0 Å². The monoisotopic (exact) mass is 247 g/mol. The van der Waals surface area contributed by atoms with Gasteiger partial charge in [0.05, 0.1) is 12.1 Å². The van der Waals surface area contributed by atoms with Crippen LogP contribution in [0.25, 0.3) is 0 Å². The highest BCUT2D eigenvalue weighted by atomic mass is 16.5. The van der Waals surface area contributed by atoms with Crippen LogP contribution in [0.5, 0.6) is 0 Å². The molecule has 1 heterocycles. The fourth-order valence-electron chi connectivity index (χ4n) is 2.77. The topological polar surface area (TPSA) is 21.3 Å². The fraction of sp³-hybridized carbons (Fsp3) is 0.625. The van der Waals surface area contributed by atoms with Crippen molar-refractivity contribution < 1.29 is 4.74 Å². The third kappa shape index (κ3) is 3.33. The van der Waals surface area contributed by atoms with Gasteiger partial charge < -0.3 is 10.1 Å². The number of nitrogens with one attached hydrogen (secondary N) is 1. The van der Waals surface area contributed by atoms with Crippen molar-refractivity contribution in [2.75, 3.05) is 13.7 Å². The normalized spacial score (nSPS) is 21.4. The number of likely N-dealkylation sites (N-methyl/N-ethyl adjacent to an activating group) is 1. The molecule has 100 valence electrons. The van der Waals surface area contributed by atoms with E-state index in [1.807, 2.05) is 7.05 Å². The minimum atomic E-state index is 0.334. The van der Waals surface area contributed by atoms with E-state index in [9.17, 15) is 0 Å². The molecule has 1 N–H and O–H groups in total. The van der Waals surface area contributed by atoms with Gasteiger partial charge in [0.25, 0.3) is 0 Å². The lowest BCUT2D eigenvalue weighted by Gasteiger charge is -2.23. The first-order valence-electron chi connectivity index (χ1n) is 7.08. The Kier molecular flexibility index (Phi) is 4.79. The van der Waals surface area contributed by atoms with Crippen molar-refractivity contribution in [1.82, 2.24) is 5.32 Å². The highest BCUT2D eigenvalue weighted by molar-refractivity contribution is 5.26. The molecular weight excluding hydrogens is 222 g/mol. The largest absolute Gasteiger partial charge is 0.376 e. The van der Waals surface area contributed by atoms with Gasteiger partial charge in [0.15, 0.2) is 0 Å². The molecule has 0 aliphatic carbocycles. The van der Waals surface area contributed by atoms with Crippen LogP contribution in [0, 0.1) is 5.92 Å². The maximum atomic E-state index is 5.79. The van der Waals surface area contributed by atoms with Crippen LogP contribution in [0.15, 0.2) is 24.3 Å². The quantitative estimate of drug-likeness (QED) is 0.862. The predicted molar refractivity (Wildman–Crippen MR) is 75.8 cm³/mol. The molecule has 2 heteroatoms. The highest BCUT2D eigenvalue weighted by Crippen LogP contribution is 2.27. The molecule has 0 radical (unpaired) electrons. The summed E-state index contributed by atoms with van der Waals surface area (Å²) in [4.78, 5) is 0. The summed E-state index contributed by atoms with van der Waals surface area (Å²) in [5, 5.41) is 3.40. The van der Waals surface area contributed by atoms with Crippen molar-refractivity contribution in [3.05, 3.63) is 35.4 Å². The van der Waals surface area contributed by atoms with E-state index in [2.05, 4.69) is 43.4 Å². The van der Waals surface area contributed by atoms with Crippen LogP contribution in [0.4, 0.5) is 0 Å². The molecule has 1 aromatic carbocycles. The Balaban J connectivity index is 2.06. The van der Waals surface area contributed by atoms with Crippen LogP contribution in [0.1, 0.15) is 43.9 Å². The summed E-state index contributed by atoms with van der Waals surface area (Å²) < 4.78 is 5.79. The van der Waals surface area contributed by atoms with Gasteiger partial charge >= 0.3 is 0 Å². The zero-order valence-electron chi connectivity index (χ0n) is 11.8. The first kappa shape index (κ1) is 13.6. The molecule has 1 aromatic rings. The van der Waals surface area contributed by atoms with Gasteiger partial charge in [-0.2, -0.15) is 0 Å². The maximum Gasteiger partial charge on any atom is 0.0770 e. The Morgan fingerprint density at radius 2 is 2.00 bits per heavy atom. The highest BCUT2D eigenvalue weighted by Gasteiger charge is 2.25. The number of ether oxygens (including phenoxy) is 1. The summed E-state index contributed by atoms with van der Waals surface area (Å²) in [6.45, 7) is 5.43. The number of hydrogen-bond donors (Lipinski definition) is 1. The summed E-state index contributed by atoms with van der Waals surface area (Å²) in [5.74, 6) is 0.717. The molecule has 2 nitrogen and oxygen atoms in total. The maximum absolute atomic E-state index is 5.79. The molecule has 2 rings (SSSR count). The average Bonchev–Trinajstić information content (AvgIpc) is 2.85. The number of hydrogen-bond acceptors (Lipinski definition) is 2. The van der Waals surface area contributed by atoms with Crippen LogP contribution < -0.4 is 5.32 Å². The minimum Gasteiger partial charge on any atom is -0.376 e. The van der Waals surface area contributed by atoms with Crippen molar-refractivity contribution in [3.63, 3.8) is 0 Å². The molecule has 0 aromatic heterocycles. The lowest BCUT2D eigenvalue weighted by molar-refractivity contribution is 0.0807. The minimum absolute atomic E-state index is 0.334. The van der Waals surface area contributed by atoms with Crippen LogP contribution in [-0.2, 0) is 11.2 Å². The molecule has 2 unspecified atom stereocenters. The standard InChI is InChI=1S/C16H25NO/c1-12(2)11-13-6-8-14(9-7-13)16(17-3)15-5-4-10-18-15/h6-9,12,15-17H,4-5,10-11H2,1-3H3. The van der Waals surface area contributed by atoms with Crippen molar-refractivity contribution in [2.24, 2.45) is 5.92 Å². The Hall–Kier alpha value is -0.860. The molecule has 2 atom stereocenters. The van der Waals surface area contributed by atoms with Gasteiger partial charge in [-0.3, -0.25) is 0 Å². The second-order valence-corrected chi connectivity index (χ2v) is 5.66. The molecule has 0 amide bonds. The SMILES string of the molecule is CNC(c1ccc(CC(C)C)cc1)C1CCCO1. The van der Waals surface area contributed by atoms with Gasteiger partial charge in [-0.05, 0) is 43.4 Å². The molecule has 1 saturated heterocycles. The van der Waals surface area contributed by atoms with E-state index in [-0.39, 0.29) is 0 Å². The number of rotatable bonds is 5. The molecule has 1 fully saturated rings. The molecular formula is C16H25NO. The zero-order valence-corrected chi connectivity index (χ0v) is 11.8. The summed E-state index contributed by atoms with van der Waals surface area (Å²) in [6, 6.07) is 9.35. The van der Waals surface area contributed by atoms with E-state index in [0.717, 1.165) is 13.0 Å². The average molecular weight is 247 g/mol. The van der Waals surface area contributed by atoms with Gasteiger partial charge in [0.2, 0.25) is 0 Å². The van der Waals surface area contributed by atoms with Crippen molar-refractivity contribution in [2.45, 2.75) is 45.3 Å². The summed E-state index contributed by atoms with van der Waals surface area (Å²) in [6.07, 6.45) is 3.85. The van der Waals surface area contributed by atoms with Gasteiger partial charge in [-0.1, -0.05) is 38.1 Å². The zero-order chi connectivity index (χ0) is 13.0. The molecule has 0 bridgehead atoms. The van der Waals surface area contributed by atoms with Crippen molar-refractivity contribution in [3.8, 4) is 0 Å². The third-order valence-electron chi connectivity index (χ3n) is 3.63. The van der Waals surface area contributed by atoms with Crippen molar-refractivity contribution >= 4 is 0 Å². The molecule has 1 aliphatic heterocycles. The number of benzene rings is 1. The predicted octanol–water partition coefficient (Wildman–Crippen LogP) is 3.32. The van der Waals surface area contributed by atoms with Gasteiger partial charge in [0, 0.05) is 6.61 Å². The molecule has 0 spiro atoms. The van der Waals surface area contributed by atoms with Crippen molar-refractivity contribution in [1.29, 1.82) is 0 Å². The Labute approximate surface area is 111 Å². The Morgan fingerprint density at radius 1 is 1.28 bits per heavy atom. The summed E-state index contributed by atoms with van der Waals surface area (Å²) in [5.41, 5.74) is 2.77. The van der Waals surface area contributed by atoms with Crippen LogP contribution >= 0.6 is 0 Å². The van der Waals surface area contributed by atoms with Gasteiger partial charge in [-0.25, -0.2) is 0 Å². The summed E-state index contributed by atoms with van der Waals surface area (Å²) in [7, 11) is 2.02.